The number of rotatable bonds is 6. The first-order valence-corrected chi connectivity index (χ1v) is 9.00. The van der Waals surface area contributed by atoms with Crippen LogP contribution in [0.25, 0.3) is 22.3 Å². The fourth-order valence-electron chi connectivity index (χ4n) is 2.95. The van der Waals surface area contributed by atoms with Crippen LogP contribution >= 0.6 is 11.6 Å². The molecular weight excluding hydrogens is 358 g/mol. The maximum Gasteiger partial charge on any atom is 0.226 e. The first kappa shape index (κ1) is 17.2. The van der Waals surface area contributed by atoms with Gasteiger partial charge in [0.2, 0.25) is 5.28 Å². The van der Waals surface area contributed by atoms with Gasteiger partial charge in [-0.3, -0.25) is 0 Å². The van der Waals surface area contributed by atoms with Gasteiger partial charge in [0.15, 0.2) is 17.0 Å². The van der Waals surface area contributed by atoms with E-state index in [0.717, 1.165) is 5.56 Å². The quantitative estimate of drug-likeness (QED) is 0.383. The smallest absolute Gasteiger partial charge is 0.226 e. The van der Waals surface area contributed by atoms with Crippen molar-refractivity contribution < 1.29 is 0 Å². The van der Waals surface area contributed by atoms with E-state index < -0.39 is 0 Å². The number of nitrogens with zero attached hydrogens (tertiary/aromatic N) is 4. The van der Waals surface area contributed by atoms with Crippen molar-refractivity contribution in [2.75, 3.05) is 5.32 Å². The van der Waals surface area contributed by atoms with Gasteiger partial charge in [0.1, 0.15) is 0 Å². The predicted molar refractivity (Wildman–Crippen MR) is 110 cm³/mol. The molecule has 0 aliphatic rings. The molecule has 0 aliphatic heterocycles. The van der Waals surface area contributed by atoms with E-state index in [1.807, 2.05) is 22.8 Å². The Labute approximate surface area is 162 Å². The highest BCUT2D eigenvalue weighted by Crippen LogP contribution is 2.23. The van der Waals surface area contributed by atoms with Crippen molar-refractivity contribution >= 4 is 28.6 Å². The zero-order chi connectivity index (χ0) is 18.6. The van der Waals surface area contributed by atoms with Crippen molar-refractivity contribution in [2.24, 2.45) is 0 Å². The Balaban J connectivity index is 1.54. The highest BCUT2D eigenvalue weighted by molar-refractivity contribution is 6.28. The lowest BCUT2D eigenvalue weighted by atomic mass is 10.0. The second kappa shape index (κ2) is 7.60. The lowest BCUT2D eigenvalue weighted by Gasteiger charge is -2.08. The van der Waals surface area contributed by atoms with Gasteiger partial charge in [-0.25, -0.2) is 4.98 Å². The van der Waals surface area contributed by atoms with Gasteiger partial charge < -0.3 is 9.88 Å². The number of anilines is 1. The van der Waals surface area contributed by atoms with E-state index in [4.69, 9.17) is 11.6 Å². The van der Waals surface area contributed by atoms with Crippen LogP contribution in [-0.4, -0.2) is 19.5 Å². The van der Waals surface area contributed by atoms with Gasteiger partial charge in [0.25, 0.3) is 0 Å². The third kappa shape index (κ3) is 3.68. The average molecular weight is 376 g/mol. The van der Waals surface area contributed by atoms with Crippen LogP contribution in [0.5, 0.6) is 0 Å². The van der Waals surface area contributed by atoms with Crippen LogP contribution in [0, 0.1) is 0 Å². The number of benzene rings is 2. The van der Waals surface area contributed by atoms with E-state index in [9.17, 15) is 0 Å². The van der Waals surface area contributed by atoms with Crippen LogP contribution in [0.2, 0.25) is 5.28 Å². The molecule has 0 bridgehead atoms. The molecule has 0 amide bonds. The van der Waals surface area contributed by atoms with E-state index in [-0.39, 0.29) is 5.28 Å². The number of fused-ring (bicyclic) bond motifs is 1. The van der Waals surface area contributed by atoms with E-state index in [1.165, 1.54) is 11.1 Å². The number of aromatic nitrogens is 4. The van der Waals surface area contributed by atoms with Crippen molar-refractivity contribution in [3.63, 3.8) is 0 Å². The van der Waals surface area contributed by atoms with Crippen LogP contribution in [-0.2, 0) is 13.1 Å². The molecule has 27 heavy (non-hydrogen) atoms. The molecule has 1 N–H and O–H groups in total. The third-order valence-corrected chi connectivity index (χ3v) is 4.45. The molecule has 2 aromatic heterocycles. The number of imidazole rings is 1. The summed E-state index contributed by atoms with van der Waals surface area (Å²) in [5.41, 5.74) is 4.92. The van der Waals surface area contributed by atoms with E-state index in [1.54, 1.807) is 12.4 Å². The van der Waals surface area contributed by atoms with E-state index in [2.05, 4.69) is 63.2 Å². The van der Waals surface area contributed by atoms with Gasteiger partial charge >= 0.3 is 0 Å². The van der Waals surface area contributed by atoms with Gasteiger partial charge in [-0.2, -0.15) is 9.97 Å². The van der Waals surface area contributed by atoms with Gasteiger partial charge in [0, 0.05) is 13.1 Å². The first-order valence-electron chi connectivity index (χ1n) is 8.62. The zero-order valence-electron chi connectivity index (χ0n) is 14.6. The molecule has 134 valence electrons. The number of nitrogens with one attached hydrogen (secondary N) is 1. The van der Waals surface area contributed by atoms with Crippen LogP contribution < -0.4 is 5.32 Å². The lowest BCUT2D eigenvalue weighted by Crippen LogP contribution is -2.04. The lowest BCUT2D eigenvalue weighted by molar-refractivity contribution is 0.838. The molecule has 4 rings (SSSR count). The Morgan fingerprint density at radius 1 is 1.00 bits per heavy atom. The predicted octanol–water partition coefficient (Wildman–Crippen LogP) is 4.94. The molecule has 0 saturated heterocycles. The van der Waals surface area contributed by atoms with Crippen LogP contribution in [0.3, 0.4) is 0 Å². The average Bonchev–Trinajstić information content (AvgIpc) is 3.10. The maximum atomic E-state index is 6.09. The highest BCUT2D eigenvalue weighted by Gasteiger charge is 2.12. The number of hydrogen-bond donors (Lipinski definition) is 1. The van der Waals surface area contributed by atoms with Crippen molar-refractivity contribution in [2.45, 2.75) is 13.1 Å². The minimum Gasteiger partial charge on any atom is -0.364 e. The highest BCUT2D eigenvalue weighted by atomic mass is 35.5. The summed E-state index contributed by atoms with van der Waals surface area (Å²) in [7, 11) is 0. The fraction of sp³-hybridized carbons (Fsp3) is 0.0952. The largest absolute Gasteiger partial charge is 0.364 e. The van der Waals surface area contributed by atoms with Crippen LogP contribution in [0.1, 0.15) is 5.56 Å². The molecule has 4 aromatic rings. The summed E-state index contributed by atoms with van der Waals surface area (Å²) < 4.78 is 1.88. The molecule has 0 atom stereocenters. The molecular formula is C21H18ClN5. The van der Waals surface area contributed by atoms with Gasteiger partial charge in [-0.15, -0.1) is 6.58 Å². The molecule has 0 spiro atoms. The number of hydrogen-bond acceptors (Lipinski definition) is 4. The number of halogens is 1. The molecule has 0 saturated carbocycles. The Kier molecular flexibility index (Phi) is 4.85. The molecule has 2 heterocycles. The van der Waals surface area contributed by atoms with Crippen LogP contribution in [0.15, 0.2) is 73.6 Å². The topological polar surface area (TPSA) is 55.6 Å². The van der Waals surface area contributed by atoms with Crippen molar-refractivity contribution in [3.8, 4) is 11.1 Å². The zero-order valence-corrected chi connectivity index (χ0v) is 15.4. The standard InChI is InChI=1S/C21H18ClN5/c1-2-12-27-14-24-18-19(25-21(22)26-20(18)27)23-13-15-8-10-17(11-9-15)16-6-4-3-5-7-16/h2-11,14H,1,12-13H2,(H,23,25,26). The molecule has 2 aromatic carbocycles. The summed E-state index contributed by atoms with van der Waals surface area (Å²) in [6, 6.07) is 18.8. The second-order valence-electron chi connectivity index (χ2n) is 6.12. The fourth-order valence-corrected chi connectivity index (χ4v) is 3.11. The minimum atomic E-state index is 0.190. The van der Waals surface area contributed by atoms with Crippen LogP contribution in [0.4, 0.5) is 5.82 Å². The SMILES string of the molecule is C=CCn1cnc2c(NCc3ccc(-c4ccccc4)cc3)nc(Cl)nc21. The molecule has 0 fully saturated rings. The van der Waals surface area contributed by atoms with E-state index in [0.29, 0.717) is 30.1 Å². The minimum absolute atomic E-state index is 0.190. The van der Waals surface area contributed by atoms with Gasteiger partial charge in [-0.05, 0) is 28.3 Å². The summed E-state index contributed by atoms with van der Waals surface area (Å²) in [5.74, 6) is 0.625. The second-order valence-corrected chi connectivity index (χ2v) is 6.45. The Morgan fingerprint density at radius 3 is 2.48 bits per heavy atom. The molecule has 0 radical (unpaired) electrons. The number of allylic oxidation sites excluding steroid dienone is 1. The first-order chi connectivity index (χ1) is 13.2. The molecule has 6 heteroatoms. The summed E-state index contributed by atoms with van der Waals surface area (Å²) in [5, 5.41) is 3.51. The molecule has 5 nitrogen and oxygen atoms in total. The summed E-state index contributed by atoms with van der Waals surface area (Å²) in [4.78, 5) is 13.0. The monoisotopic (exact) mass is 375 g/mol. The summed E-state index contributed by atoms with van der Waals surface area (Å²) in [6.07, 6.45) is 3.51. The van der Waals surface area contributed by atoms with Crippen molar-refractivity contribution in [1.82, 2.24) is 19.5 Å². The Morgan fingerprint density at radius 2 is 1.74 bits per heavy atom. The summed E-state index contributed by atoms with van der Waals surface area (Å²) in [6.45, 7) is 4.98. The van der Waals surface area contributed by atoms with Gasteiger partial charge in [-0.1, -0.05) is 60.7 Å². The Hall–Kier alpha value is -3.18. The Bertz CT molecular complexity index is 1070. The summed E-state index contributed by atoms with van der Waals surface area (Å²) >= 11 is 6.09. The van der Waals surface area contributed by atoms with Crippen molar-refractivity contribution in [1.29, 1.82) is 0 Å². The maximum absolute atomic E-state index is 6.09. The van der Waals surface area contributed by atoms with Gasteiger partial charge in [0.05, 0.1) is 6.33 Å². The molecule has 0 unspecified atom stereocenters. The van der Waals surface area contributed by atoms with Crippen molar-refractivity contribution in [3.05, 3.63) is 84.4 Å². The van der Waals surface area contributed by atoms with E-state index >= 15 is 0 Å². The third-order valence-electron chi connectivity index (χ3n) is 4.28. The molecule has 0 aliphatic carbocycles. The normalized spacial score (nSPS) is 10.9.